The van der Waals surface area contributed by atoms with Gasteiger partial charge in [-0.1, -0.05) is 20.3 Å². The van der Waals surface area contributed by atoms with Crippen molar-refractivity contribution in [2.45, 2.75) is 46.1 Å². The van der Waals surface area contributed by atoms with Crippen molar-refractivity contribution < 1.29 is 4.79 Å². The van der Waals surface area contributed by atoms with Crippen LogP contribution in [0.5, 0.6) is 0 Å². The van der Waals surface area contributed by atoms with E-state index in [1.54, 1.807) is 23.9 Å². The molecular weight excluding hydrogens is 282 g/mol. The molecule has 2 aromatic rings. The predicted molar refractivity (Wildman–Crippen MR) is 86.9 cm³/mol. The Morgan fingerprint density at radius 1 is 1.43 bits per heavy atom. The number of nitrogens with zero attached hydrogens (tertiary/aromatic N) is 2. The smallest absolute Gasteiger partial charge is 0.261 e. The quantitative estimate of drug-likeness (QED) is 0.761. The third-order valence-corrected chi connectivity index (χ3v) is 4.65. The molecule has 4 nitrogen and oxygen atoms in total. The van der Waals surface area contributed by atoms with E-state index in [0.29, 0.717) is 6.54 Å². The first-order valence-corrected chi connectivity index (χ1v) is 8.41. The van der Waals surface area contributed by atoms with Crippen LogP contribution >= 0.6 is 11.3 Å². The van der Waals surface area contributed by atoms with Crippen LogP contribution in [0.3, 0.4) is 0 Å². The minimum Gasteiger partial charge on any atom is -0.351 e. The van der Waals surface area contributed by atoms with Gasteiger partial charge in [0.1, 0.15) is 0 Å². The Kier molecular flexibility index (Phi) is 5.99. The molecule has 0 aromatic carbocycles. The molecule has 0 saturated carbocycles. The van der Waals surface area contributed by atoms with Gasteiger partial charge in [-0.05, 0) is 30.9 Å². The molecule has 0 aliphatic rings. The van der Waals surface area contributed by atoms with E-state index in [9.17, 15) is 4.79 Å². The van der Waals surface area contributed by atoms with Gasteiger partial charge in [-0.15, -0.1) is 11.3 Å². The fourth-order valence-electron chi connectivity index (χ4n) is 2.29. The Balaban J connectivity index is 1.82. The van der Waals surface area contributed by atoms with Crippen LogP contribution in [0, 0.1) is 0 Å². The molecule has 2 aromatic heterocycles. The molecule has 114 valence electrons. The molecule has 0 saturated heterocycles. The van der Waals surface area contributed by atoms with Gasteiger partial charge in [0.2, 0.25) is 0 Å². The number of thiophene rings is 1. The molecule has 1 N–H and O–H groups in total. The van der Waals surface area contributed by atoms with Crippen molar-refractivity contribution in [2.24, 2.45) is 0 Å². The molecule has 0 aliphatic carbocycles. The maximum atomic E-state index is 12.2. The topological polar surface area (TPSA) is 46.9 Å². The molecule has 0 fully saturated rings. The maximum Gasteiger partial charge on any atom is 0.261 e. The van der Waals surface area contributed by atoms with E-state index in [1.165, 1.54) is 10.4 Å². The van der Waals surface area contributed by atoms with Crippen LogP contribution in [0.25, 0.3) is 0 Å². The zero-order valence-electron chi connectivity index (χ0n) is 12.8. The average molecular weight is 305 g/mol. The van der Waals surface area contributed by atoms with E-state index in [2.05, 4.69) is 30.2 Å². The number of aromatic nitrogens is 2. The number of imidazole rings is 1. The monoisotopic (exact) mass is 305 g/mol. The number of carbonyl (C=O) groups is 1. The number of carbonyl (C=O) groups excluding carboxylic acids is 1. The minimum absolute atomic E-state index is 0.0580. The maximum absolute atomic E-state index is 12.2. The largest absolute Gasteiger partial charge is 0.351 e. The summed E-state index contributed by atoms with van der Waals surface area (Å²) in [5.74, 6) is 0.0580. The van der Waals surface area contributed by atoms with Crippen molar-refractivity contribution >= 4 is 17.2 Å². The Hall–Kier alpha value is -1.62. The summed E-state index contributed by atoms with van der Waals surface area (Å²) >= 11 is 1.65. The summed E-state index contributed by atoms with van der Waals surface area (Å²) in [6.07, 6.45) is 9.61. The van der Waals surface area contributed by atoms with E-state index >= 15 is 0 Å². The second-order valence-electron chi connectivity index (χ2n) is 5.07. The Morgan fingerprint density at radius 3 is 2.95 bits per heavy atom. The van der Waals surface area contributed by atoms with Crippen LogP contribution in [0.1, 0.15) is 46.8 Å². The van der Waals surface area contributed by atoms with Crippen molar-refractivity contribution in [3.05, 3.63) is 40.1 Å². The number of hydrogen-bond donors (Lipinski definition) is 1. The summed E-state index contributed by atoms with van der Waals surface area (Å²) < 4.78 is 2.02. The van der Waals surface area contributed by atoms with Crippen LogP contribution in [0.2, 0.25) is 0 Å². The molecule has 0 spiro atoms. The molecule has 2 heterocycles. The van der Waals surface area contributed by atoms with Gasteiger partial charge >= 0.3 is 0 Å². The molecule has 0 unspecified atom stereocenters. The summed E-state index contributed by atoms with van der Waals surface area (Å²) in [5, 5.41) is 3.01. The van der Waals surface area contributed by atoms with Gasteiger partial charge in [-0.3, -0.25) is 4.79 Å². The number of aryl methyl sites for hydroxylation is 3. The first-order valence-electron chi connectivity index (χ1n) is 7.60. The van der Waals surface area contributed by atoms with E-state index in [1.807, 2.05) is 10.8 Å². The van der Waals surface area contributed by atoms with Crippen LogP contribution < -0.4 is 5.32 Å². The molecule has 1 amide bonds. The molecule has 0 radical (unpaired) electrons. The summed E-state index contributed by atoms with van der Waals surface area (Å²) in [4.78, 5) is 18.4. The SMILES string of the molecule is CCCc1sc(C(=O)NCCCn2ccnc2)cc1CC. The zero-order chi connectivity index (χ0) is 15.1. The lowest BCUT2D eigenvalue weighted by Crippen LogP contribution is -2.24. The van der Waals surface area contributed by atoms with Crippen LogP contribution in [0.15, 0.2) is 24.8 Å². The Bertz CT molecular complexity index is 560. The molecule has 2 rings (SSSR count). The highest BCUT2D eigenvalue weighted by molar-refractivity contribution is 7.14. The van der Waals surface area contributed by atoms with Gasteiger partial charge in [0.15, 0.2) is 0 Å². The Morgan fingerprint density at radius 2 is 2.29 bits per heavy atom. The summed E-state index contributed by atoms with van der Waals surface area (Å²) in [5.41, 5.74) is 1.32. The van der Waals surface area contributed by atoms with E-state index in [0.717, 1.165) is 37.1 Å². The summed E-state index contributed by atoms with van der Waals surface area (Å²) in [6, 6.07) is 2.06. The highest BCUT2D eigenvalue weighted by Crippen LogP contribution is 2.24. The van der Waals surface area contributed by atoms with Crippen molar-refractivity contribution in [2.75, 3.05) is 6.54 Å². The lowest BCUT2D eigenvalue weighted by atomic mass is 10.1. The van der Waals surface area contributed by atoms with Crippen molar-refractivity contribution in [1.82, 2.24) is 14.9 Å². The van der Waals surface area contributed by atoms with Gasteiger partial charge in [-0.25, -0.2) is 4.98 Å². The molecule has 21 heavy (non-hydrogen) atoms. The van der Waals surface area contributed by atoms with Gasteiger partial charge in [-0.2, -0.15) is 0 Å². The van der Waals surface area contributed by atoms with Gasteiger partial charge < -0.3 is 9.88 Å². The van der Waals surface area contributed by atoms with E-state index < -0.39 is 0 Å². The third kappa shape index (κ3) is 4.43. The Labute approximate surface area is 130 Å². The second kappa shape index (κ2) is 7.98. The van der Waals surface area contributed by atoms with E-state index in [-0.39, 0.29) is 5.91 Å². The molecular formula is C16H23N3OS. The molecule has 0 bridgehead atoms. The van der Waals surface area contributed by atoms with Crippen molar-refractivity contribution in [3.8, 4) is 0 Å². The van der Waals surface area contributed by atoms with Crippen LogP contribution in [-0.4, -0.2) is 22.0 Å². The standard InChI is InChI=1S/C16H23N3OS/c1-3-6-14-13(4-2)11-15(21-14)16(20)18-7-5-9-19-10-8-17-12-19/h8,10-12H,3-7,9H2,1-2H3,(H,18,20). The minimum atomic E-state index is 0.0580. The molecule has 5 heteroatoms. The normalized spacial score (nSPS) is 10.8. The first-order chi connectivity index (χ1) is 10.2. The number of rotatable bonds is 8. The van der Waals surface area contributed by atoms with Crippen LogP contribution in [-0.2, 0) is 19.4 Å². The lowest BCUT2D eigenvalue weighted by molar-refractivity contribution is 0.0956. The highest BCUT2D eigenvalue weighted by Gasteiger charge is 2.12. The molecule has 0 aliphatic heterocycles. The summed E-state index contributed by atoms with van der Waals surface area (Å²) in [6.45, 7) is 5.90. The lowest BCUT2D eigenvalue weighted by Gasteiger charge is -2.04. The van der Waals surface area contributed by atoms with E-state index in [4.69, 9.17) is 0 Å². The van der Waals surface area contributed by atoms with Crippen molar-refractivity contribution in [1.29, 1.82) is 0 Å². The first kappa shape index (κ1) is 15.8. The van der Waals surface area contributed by atoms with Gasteiger partial charge in [0.25, 0.3) is 5.91 Å². The number of hydrogen-bond acceptors (Lipinski definition) is 3. The fourth-order valence-corrected chi connectivity index (χ4v) is 3.56. The zero-order valence-corrected chi connectivity index (χ0v) is 13.6. The second-order valence-corrected chi connectivity index (χ2v) is 6.21. The third-order valence-electron chi connectivity index (χ3n) is 3.42. The number of amides is 1. The van der Waals surface area contributed by atoms with Gasteiger partial charge in [0, 0.05) is 30.4 Å². The highest BCUT2D eigenvalue weighted by atomic mass is 32.1. The van der Waals surface area contributed by atoms with Crippen molar-refractivity contribution in [3.63, 3.8) is 0 Å². The van der Waals surface area contributed by atoms with Crippen LogP contribution in [0.4, 0.5) is 0 Å². The predicted octanol–water partition coefficient (Wildman–Crippen LogP) is 3.28. The molecule has 0 atom stereocenters. The fraction of sp³-hybridized carbons (Fsp3) is 0.500. The van der Waals surface area contributed by atoms with Gasteiger partial charge in [0.05, 0.1) is 11.2 Å². The average Bonchev–Trinajstić information content (AvgIpc) is 3.13. The summed E-state index contributed by atoms with van der Waals surface area (Å²) in [7, 11) is 0. The number of nitrogens with one attached hydrogen (secondary N) is 1.